The molecule has 5 rings (SSSR count). The van der Waals surface area contributed by atoms with Crippen LogP contribution < -0.4 is 5.56 Å². The zero-order chi connectivity index (χ0) is 21.7. The molecule has 2 aliphatic heterocycles. The normalized spacial score (nSPS) is 21.5. The average Bonchev–Trinajstić information content (AvgIpc) is 3.06. The van der Waals surface area contributed by atoms with E-state index in [1.807, 2.05) is 39.8 Å². The second kappa shape index (κ2) is 7.39. The van der Waals surface area contributed by atoms with Crippen molar-refractivity contribution in [1.82, 2.24) is 14.0 Å². The molecule has 2 aliphatic rings. The molecule has 0 saturated carbocycles. The van der Waals surface area contributed by atoms with Crippen molar-refractivity contribution in [3.05, 3.63) is 70.3 Å². The zero-order valence-electron chi connectivity index (χ0n) is 16.8. The number of para-hydroxylation sites is 1. The van der Waals surface area contributed by atoms with Crippen LogP contribution in [0.5, 0.6) is 0 Å². The average molecular weight is 421 g/mol. The van der Waals surface area contributed by atoms with Gasteiger partial charge in [-0.3, -0.25) is 19.3 Å². The van der Waals surface area contributed by atoms with Crippen molar-refractivity contribution in [3.63, 3.8) is 0 Å². The van der Waals surface area contributed by atoms with Gasteiger partial charge in [-0.2, -0.15) is 0 Å². The highest BCUT2D eigenvalue weighted by Gasteiger charge is 2.40. The van der Waals surface area contributed by atoms with Crippen molar-refractivity contribution in [2.75, 3.05) is 13.1 Å². The minimum Gasteiger partial charge on any atom is -0.480 e. The first-order valence-electron chi connectivity index (χ1n) is 10.4. The third-order valence-corrected chi connectivity index (χ3v) is 6.53. The Hall–Kier alpha value is -3.39. The van der Waals surface area contributed by atoms with Gasteiger partial charge in [-0.05, 0) is 24.5 Å². The smallest absolute Gasteiger partial charge is 0.325 e. The van der Waals surface area contributed by atoms with Gasteiger partial charge in [-0.1, -0.05) is 24.3 Å². The Bertz CT molecular complexity index is 1240. The Kier molecular flexibility index (Phi) is 4.66. The molecule has 3 aromatic rings. The van der Waals surface area contributed by atoms with Gasteiger partial charge in [0.2, 0.25) is 0 Å². The molecule has 8 nitrogen and oxygen atoms in total. The van der Waals surface area contributed by atoms with Gasteiger partial charge in [0, 0.05) is 60.0 Å². The Morgan fingerprint density at radius 3 is 2.61 bits per heavy atom. The quantitative estimate of drug-likeness (QED) is 0.654. The van der Waals surface area contributed by atoms with E-state index in [9.17, 15) is 24.6 Å². The lowest BCUT2D eigenvalue weighted by molar-refractivity contribution is -0.144. The van der Waals surface area contributed by atoms with E-state index in [2.05, 4.69) is 0 Å². The lowest BCUT2D eigenvalue weighted by Crippen LogP contribution is -2.49. The van der Waals surface area contributed by atoms with Gasteiger partial charge in [0.1, 0.15) is 12.6 Å². The maximum Gasteiger partial charge on any atom is 0.325 e. The molecular weight excluding hydrogens is 398 g/mol. The van der Waals surface area contributed by atoms with E-state index in [1.54, 1.807) is 22.9 Å². The largest absolute Gasteiger partial charge is 0.480 e. The predicted molar refractivity (Wildman–Crippen MR) is 113 cm³/mol. The number of rotatable bonds is 5. The van der Waals surface area contributed by atoms with Gasteiger partial charge in [-0.15, -0.1) is 0 Å². The lowest BCUT2D eigenvalue weighted by Gasteiger charge is -2.44. The number of likely N-dealkylation sites (tertiary alicyclic amines) is 1. The molecule has 0 unspecified atom stereocenters. The van der Waals surface area contributed by atoms with Gasteiger partial charge in [0.25, 0.3) is 5.56 Å². The van der Waals surface area contributed by atoms with Gasteiger partial charge >= 0.3 is 11.9 Å². The fourth-order valence-corrected chi connectivity index (χ4v) is 5.40. The third-order valence-electron chi connectivity index (χ3n) is 6.53. The number of aliphatic carboxylic acids is 2. The van der Waals surface area contributed by atoms with Crippen molar-refractivity contribution < 1.29 is 19.8 Å². The number of nitrogens with zero attached hydrogens (tertiary/aromatic N) is 3. The number of hydrogen-bond acceptors (Lipinski definition) is 4. The molecule has 1 fully saturated rings. The molecule has 0 aliphatic carbocycles. The number of carboxylic acids is 2. The van der Waals surface area contributed by atoms with Gasteiger partial charge in [0.15, 0.2) is 0 Å². The number of hydrogen-bond donors (Lipinski definition) is 2. The molecule has 160 valence electrons. The van der Waals surface area contributed by atoms with Crippen LogP contribution in [0.2, 0.25) is 0 Å². The highest BCUT2D eigenvalue weighted by Crippen LogP contribution is 2.40. The SMILES string of the molecule is O=C(O)Cn1cc([C@@H](C(=O)O)N2C[C@H]3C[C@H](C2)c2cccc(=O)n2C3)c2ccccc21. The van der Waals surface area contributed by atoms with Crippen LogP contribution in [0.25, 0.3) is 10.9 Å². The standard InChI is InChI=1S/C23H23N3O5/c27-20-7-3-6-18-15-8-14(10-26(18)20)9-25(11-15)22(23(30)31)17-12-24(13-21(28)29)19-5-2-1-4-16(17)19/h1-7,12,14-15,22H,8-11,13H2,(H,28,29)(H,30,31)/t14-,15-,22+/m1/s1. The first-order chi connectivity index (χ1) is 14.9. The van der Waals surface area contributed by atoms with Crippen molar-refractivity contribution in [3.8, 4) is 0 Å². The van der Waals surface area contributed by atoms with E-state index in [0.29, 0.717) is 30.7 Å². The summed E-state index contributed by atoms with van der Waals surface area (Å²) in [6.07, 6.45) is 2.60. The number of pyridine rings is 1. The summed E-state index contributed by atoms with van der Waals surface area (Å²) >= 11 is 0. The van der Waals surface area contributed by atoms with E-state index < -0.39 is 18.0 Å². The number of carboxylic acid groups (broad SMARTS) is 2. The molecule has 0 amide bonds. The van der Waals surface area contributed by atoms with E-state index in [-0.39, 0.29) is 23.9 Å². The summed E-state index contributed by atoms with van der Waals surface area (Å²) in [5.41, 5.74) is 2.27. The van der Waals surface area contributed by atoms with Crippen LogP contribution >= 0.6 is 0 Å². The molecule has 1 saturated heterocycles. The molecule has 2 bridgehead atoms. The summed E-state index contributed by atoms with van der Waals surface area (Å²) in [6, 6.07) is 11.7. The van der Waals surface area contributed by atoms with Gasteiger partial charge in [0.05, 0.1) is 0 Å². The Morgan fingerprint density at radius 1 is 1.03 bits per heavy atom. The molecule has 1 aromatic carbocycles. The van der Waals surface area contributed by atoms with E-state index in [0.717, 1.165) is 17.5 Å². The van der Waals surface area contributed by atoms with Crippen LogP contribution in [0.4, 0.5) is 0 Å². The third kappa shape index (κ3) is 3.33. The molecule has 2 N–H and O–H groups in total. The number of benzene rings is 1. The summed E-state index contributed by atoms with van der Waals surface area (Å²) < 4.78 is 3.42. The number of aromatic nitrogens is 2. The number of fused-ring (bicyclic) bond motifs is 5. The second-order valence-electron chi connectivity index (χ2n) is 8.52. The van der Waals surface area contributed by atoms with E-state index >= 15 is 0 Å². The molecule has 31 heavy (non-hydrogen) atoms. The summed E-state index contributed by atoms with van der Waals surface area (Å²) in [7, 11) is 0. The molecule has 8 heteroatoms. The zero-order valence-corrected chi connectivity index (χ0v) is 16.8. The fourth-order valence-electron chi connectivity index (χ4n) is 5.40. The van der Waals surface area contributed by atoms with Crippen LogP contribution in [0.3, 0.4) is 0 Å². The summed E-state index contributed by atoms with van der Waals surface area (Å²) in [4.78, 5) is 38.1. The molecule has 4 heterocycles. The summed E-state index contributed by atoms with van der Waals surface area (Å²) in [5.74, 6) is -1.64. The summed E-state index contributed by atoms with van der Waals surface area (Å²) in [6.45, 7) is 1.48. The first-order valence-corrected chi connectivity index (χ1v) is 10.4. The molecule has 0 radical (unpaired) electrons. The van der Waals surface area contributed by atoms with Crippen LogP contribution in [0, 0.1) is 5.92 Å². The van der Waals surface area contributed by atoms with Crippen molar-refractivity contribution >= 4 is 22.8 Å². The minimum absolute atomic E-state index is 0.00724. The van der Waals surface area contributed by atoms with Crippen molar-refractivity contribution in [2.45, 2.75) is 31.5 Å². The number of carbonyl (C=O) groups is 2. The lowest BCUT2D eigenvalue weighted by atomic mass is 9.82. The highest BCUT2D eigenvalue weighted by molar-refractivity contribution is 5.90. The monoisotopic (exact) mass is 421 g/mol. The predicted octanol–water partition coefficient (Wildman–Crippen LogP) is 2.13. The maximum absolute atomic E-state index is 12.5. The van der Waals surface area contributed by atoms with E-state index in [4.69, 9.17) is 0 Å². The second-order valence-corrected chi connectivity index (χ2v) is 8.52. The first kappa shape index (κ1) is 19.6. The van der Waals surface area contributed by atoms with Crippen LogP contribution in [-0.4, -0.2) is 49.3 Å². The highest BCUT2D eigenvalue weighted by atomic mass is 16.4. The fraction of sp³-hybridized carbons (Fsp3) is 0.348. The van der Waals surface area contributed by atoms with Crippen LogP contribution in [0.15, 0.2) is 53.5 Å². The summed E-state index contributed by atoms with van der Waals surface area (Å²) in [5, 5.41) is 20.2. The minimum atomic E-state index is -0.978. The molecule has 0 spiro atoms. The molecule has 2 aromatic heterocycles. The molecular formula is C23H23N3O5. The number of piperidine rings is 1. The Balaban J connectivity index is 1.56. The Labute approximate surface area is 177 Å². The van der Waals surface area contributed by atoms with Crippen molar-refractivity contribution in [2.24, 2.45) is 5.92 Å². The van der Waals surface area contributed by atoms with Gasteiger partial charge < -0.3 is 19.3 Å². The van der Waals surface area contributed by atoms with Crippen LogP contribution in [-0.2, 0) is 22.7 Å². The topological polar surface area (TPSA) is 105 Å². The van der Waals surface area contributed by atoms with Gasteiger partial charge in [-0.25, -0.2) is 0 Å². The van der Waals surface area contributed by atoms with Crippen molar-refractivity contribution in [1.29, 1.82) is 0 Å². The van der Waals surface area contributed by atoms with E-state index in [1.165, 1.54) is 0 Å². The maximum atomic E-state index is 12.5. The Morgan fingerprint density at radius 2 is 1.84 bits per heavy atom. The van der Waals surface area contributed by atoms with Crippen LogP contribution in [0.1, 0.15) is 29.6 Å². The molecule has 3 atom stereocenters.